The van der Waals surface area contributed by atoms with E-state index in [9.17, 15) is 14.9 Å². The van der Waals surface area contributed by atoms with Crippen LogP contribution in [0.2, 0.25) is 0 Å². The third kappa shape index (κ3) is 4.71. The van der Waals surface area contributed by atoms with E-state index in [4.69, 9.17) is 10.8 Å². The molecule has 0 bridgehead atoms. The number of primary amides is 1. The molecule has 1 aromatic carbocycles. The Morgan fingerprint density at radius 3 is 2.69 bits per heavy atom. The fourth-order valence-electron chi connectivity index (χ4n) is 3.89. The van der Waals surface area contributed by atoms with E-state index in [2.05, 4.69) is 16.9 Å². The number of alkyl halides is 1. The van der Waals surface area contributed by atoms with Crippen molar-refractivity contribution in [1.29, 1.82) is 5.26 Å². The summed E-state index contributed by atoms with van der Waals surface area (Å²) < 4.78 is 16.8. The molecule has 2 unspecified atom stereocenters. The topological polar surface area (TPSA) is 137 Å². The summed E-state index contributed by atoms with van der Waals surface area (Å²) in [6.45, 7) is 2.82. The fraction of sp³-hybridized carbons (Fsp3) is 0.364. The summed E-state index contributed by atoms with van der Waals surface area (Å²) in [5.74, 6) is 4.62. The van der Waals surface area contributed by atoms with Gasteiger partial charge in [0.15, 0.2) is 5.82 Å². The van der Waals surface area contributed by atoms with Crippen LogP contribution in [0.25, 0.3) is 0 Å². The van der Waals surface area contributed by atoms with E-state index in [-0.39, 0.29) is 30.8 Å². The molecule has 1 fully saturated rings. The molecule has 4 N–H and O–H groups in total. The highest BCUT2D eigenvalue weighted by Gasteiger charge is 2.46. The van der Waals surface area contributed by atoms with Gasteiger partial charge in [-0.25, -0.2) is 9.18 Å². The number of carbonyl (C=O) groups is 2. The number of hydrogen-bond acceptors (Lipinski definition) is 5. The zero-order chi connectivity index (χ0) is 23.3. The van der Waals surface area contributed by atoms with E-state index in [0.29, 0.717) is 13.1 Å². The Labute approximate surface area is 184 Å². The maximum Gasteiger partial charge on any atom is 0.410 e. The number of hydrogen-bond donors (Lipinski definition) is 3. The Morgan fingerprint density at radius 1 is 1.41 bits per heavy atom. The molecule has 32 heavy (non-hydrogen) atoms. The number of carboxylic acid groups (broad SMARTS) is 1. The molecule has 2 heterocycles. The van der Waals surface area contributed by atoms with Crippen LogP contribution in [0.4, 0.5) is 15.0 Å². The number of amides is 2. The van der Waals surface area contributed by atoms with Crippen molar-refractivity contribution in [2.45, 2.75) is 38.0 Å². The van der Waals surface area contributed by atoms with Gasteiger partial charge >= 0.3 is 6.09 Å². The Morgan fingerprint density at radius 2 is 2.12 bits per heavy atom. The normalized spacial score (nSPS) is 20.6. The predicted molar refractivity (Wildman–Crippen MR) is 114 cm³/mol. The smallest absolute Gasteiger partial charge is 0.410 e. The van der Waals surface area contributed by atoms with Gasteiger partial charge in [-0.1, -0.05) is 18.1 Å². The number of carbonyl (C=O) groups excluding carboxylic acids is 1. The number of aromatic nitrogens is 2. The van der Waals surface area contributed by atoms with Gasteiger partial charge in [-0.3, -0.25) is 19.7 Å². The van der Waals surface area contributed by atoms with Gasteiger partial charge in [0.1, 0.15) is 17.3 Å². The van der Waals surface area contributed by atoms with Crippen molar-refractivity contribution >= 4 is 17.8 Å². The Hall–Kier alpha value is -3.89. The van der Waals surface area contributed by atoms with Crippen molar-refractivity contribution in [2.75, 3.05) is 18.4 Å². The molecule has 1 aliphatic rings. The molecule has 2 amide bonds. The second kappa shape index (κ2) is 9.50. The lowest BCUT2D eigenvalue weighted by Gasteiger charge is -2.43. The first-order valence-corrected chi connectivity index (χ1v) is 9.94. The molecule has 1 saturated heterocycles. The zero-order valence-electron chi connectivity index (χ0n) is 17.5. The first-order chi connectivity index (χ1) is 15.3. The van der Waals surface area contributed by atoms with Gasteiger partial charge in [-0.2, -0.15) is 10.4 Å². The Balaban J connectivity index is 1.83. The Kier molecular flexibility index (Phi) is 6.76. The van der Waals surface area contributed by atoms with E-state index in [0.717, 1.165) is 11.1 Å². The van der Waals surface area contributed by atoms with Crippen molar-refractivity contribution in [3.05, 3.63) is 47.2 Å². The van der Waals surface area contributed by atoms with Gasteiger partial charge in [0.2, 0.25) is 0 Å². The summed E-state index contributed by atoms with van der Waals surface area (Å²) in [4.78, 5) is 24.7. The van der Waals surface area contributed by atoms with Crippen molar-refractivity contribution in [1.82, 2.24) is 14.7 Å². The van der Waals surface area contributed by atoms with Crippen molar-refractivity contribution < 1.29 is 19.1 Å². The minimum Gasteiger partial charge on any atom is -0.465 e. The summed E-state index contributed by atoms with van der Waals surface area (Å²) in [6, 6.07) is 9.72. The first-order valence-electron chi connectivity index (χ1n) is 9.94. The summed E-state index contributed by atoms with van der Waals surface area (Å²) in [7, 11) is 0. The number of benzene rings is 1. The molecule has 2 atom stereocenters. The molecule has 1 aromatic heterocycles. The first kappa shape index (κ1) is 22.8. The van der Waals surface area contributed by atoms with Crippen LogP contribution in [0, 0.1) is 23.2 Å². The number of rotatable bonds is 6. The third-order valence-corrected chi connectivity index (χ3v) is 5.54. The molecule has 0 saturated carbocycles. The van der Waals surface area contributed by atoms with Crippen LogP contribution in [0.1, 0.15) is 41.3 Å². The summed E-state index contributed by atoms with van der Waals surface area (Å²) >= 11 is 0. The van der Waals surface area contributed by atoms with Crippen LogP contribution < -0.4 is 11.1 Å². The molecular weight excluding hydrogens is 415 g/mol. The highest BCUT2D eigenvalue weighted by molar-refractivity contribution is 6.00. The summed E-state index contributed by atoms with van der Waals surface area (Å²) in [5, 5.41) is 24.4. The standard InChI is InChI=1S/C22H23FN6O3/c1-2-3-15-4-6-16(7-5-15)12-28-11-9-22(8-10-24,18(23)14-28)29-13-17(19(25)30)20(27-29)26-21(31)32/h4-7,13,18H,8-9,11-12,14H2,1H3,(H2,25,30)(H,26,27)(H,31,32). The number of nitrogens with two attached hydrogens (primary N) is 1. The maximum absolute atomic E-state index is 15.6. The van der Waals surface area contributed by atoms with E-state index in [1.807, 2.05) is 40.6 Å². The predicted octanol–water partition coefficient (Wildman–Crippen LogP) is 2.30. The zero-order valence-corrected chi connectivity index (χ0v) is 17.5. The molecular formula is C22H23FN6O3. The van der Waals surface area contributed by atoms with Gasteiger partial charge in [0, 0.05) is 31.4 Å². The van der Waals surface area contributed by atoms with Gasteiger partial charge in [-0.15, -0.1) is 5.92 Å². The molecule has 166 valence electrons. The van der Waals surface area contributed by atoms with E-state index >= 15 is 4.39 Å². The van der Waals surface area contributed by atoms with Crippen LogP contribution in [0.5, 0.6) is 0 Å². The molecule has 1 aliphatic heterocycles. The van der Waals surface area contributed by atoms with E-state index < -0.39 is 23.7 Å². The Bertz CT molecular complexity index is 1110. The highest BCUT2D eigenvalue weighted by atomic mass is 19.1. The number of anilines is 1. The largest absolute Gasteiger partial charge is 0.465 e. The molecule has 9 nitrogen and oxygen atoms in total. The number of piperidine rings is 1. The molecule has 0 spiro atoms. The van der Waals surface area contributed by atoms with Crippen LogP contribution in [-0.4, -0.2) is 51.0 Å². The lowest BCUT2D eigenvalue weighted by atomic mass is 9.83. The quantitative estimate of drug-likeness (QED) is 0.592. The van der Waals surface area contributed by atoms with Crippen molar-refractivity contribution in [3.8, 4) is 17.9 Å². The maximum atomic E-state index is 15.6. The van der Waals surface area contributed by atoms with Gasteiger partial charge in [0.25, 0.3) is 5.91 Å². The number of likely N-dealkylation sites (tertiary alicyclic amines) is 1. The van der Waals surface area contributed by atoms with Crippen molar-refractivity contribution in [3.63, 3.8) is 0 Å². The number of nitriles is 1. The molecule has 10 heteroatoms. The van der Waals surface area contributed by atoms with Crippen LogP contribution in [0.3, 0.4) is 0 Å². The van der Waals surface area contributed by atoms with E-state index in [1.54, 1.807) is 6.92 Å². The minimum absolute atomic E-state index is 0.0473. The van der Waals surface area contributed by atoms with E-state index in [1.165, 1.54) is 10.9 Å². The molecule has 2 aromatic rings. The average Bonchev–Trinajstić information content (AvgIpc) is 3.16. The molecule has 0 radical (unpaired) electrons. The SMILES string of the molecule is CC#Cc1ccc(CN2CCC(CC#N)(n3cc(C(N)=O)c(NC(=O)O)n3)C(F)C2)cc1. The van der Waals surface area contributed by atoms with Gasteiger partial charge in [-0.05, 0) is 31.0 Å². The lowest BCUT2D eigenvalue weighted by Crippen LogP contribution is -2.54. The van der Waals surface area contributed by atoms with Gasteiger partial charge in [0.05, 0.1) is 12.5 Å². The number of nitrogens with one attached hydrogen (secondary N) is 1. The number of nitrogens with zero attached hydrogens (tertiary/aromatic N) is 4. The van der Waals surface area contributed by atoms with Crippen LogP contribution in [-0.2, 0) is 12.1 Å². The minimum atomic E-state index is -1.49. The van der Waals surface area contributed by atoms with Crippen molar-refractivity contribution in [2.24, 2.45) is 5.73 Å². The lowest BCUT2D eigenvalue weighted by molar-refractivity contribution is 0.00694. The van der Waals surface area contributed by atoms with Gasteiger partial charge < -0.3 is 10.8 Å². The molecule has 3 rings (SSSR count). The molecule has 0 aliphatic carbocycles. The summed E-state index contributed by atoms with van der Waals surface area (Å²) in [5.41, 5.74) is 5.71. The second-order valence-corrected chi connectivity index (χ2v) is 7.59. The van der Waals surface area contributed by atoms with Crippen LogP contribution >= 0.6 is 0 Å². The highest BCUT2D eigenvalue weighted by Crippen LogP contribution is 2.37. The average molecular weight is 438 g/mol. The number of halogens is 1. The second-order valence-electron chi connectivity index (χ2n) is 7.59. The monoisotopic (exact) mass is 438 g/mol. The summed E-state index contributed by atoms with van der Waals surface area (Å²) in [6.07, 6.45) is -1.67. The van der Waals surface area contributed by atoms with Crippen LogP contribution in [0.15, 0.2) is 30.5 Å². The third-order valence-electron chi connectivity index (χ3n) is 5.54. The fourth-order valence-corrected chi connectivity index (χ4v) is 3.89.